The van der Waals surface area contributed by atoms with E-state index in [4.69, 9.17) is 0 Å². The molecule has 0 aromatic heterocycles. The molecule has 0 spiro atoms. The molecule has 1 saturated carbocycles. The van der Waals surface area contributed by atoms with Crippen molar-refractivity contribution in [2.45, 2.75) is 37.5 Å². The van der Waals surface area contributed by atoms with Gasteiger partial charge in [-0.3, -0.25) is 4.31 Å². The van der Waals surface area contributed by atoms with Crippen LogP contribution in [0.5, 0.6) is 0 Å². The van der Waals surface area contributed by atoms with Crippen molar-refractivity contribution in [3.05, 3.63) is 84.0 Å². The second kappa shape index (κ2) is 7.92. The summed E-state index contributed by atoms with van der Waals surface area (Å²) in [4.78, 5) is 0.315. The Kier molecular flexibility index (Phi) is 5.62. The van der Waals surface area contributed by atoms with E-state index in [2.05, 4.69) is 12.7 Å². The van der Waals surface area contributed by atoms with Gasteiger partial charge in [-0.1, -0.05) is 59.7 Å². The van der Waals surface area contributed by atoms with Crippen LogP contribution < -0.4 is 4.31 Å². The molecule has 3 rings (SSSR count). The van der Waals surface area contributed by atoms with Crippen LogP contribution >= 0.6 is 0 Å². The number of rotatable bonds is 7. The normalized spacial score (nSPS) is 13.8. The molecule has 136 valence electrons. The van der Waals surface area contributed by atoms with Gasteiger partial charge in [0.2, 0.25) is 0 Å². The molecule has 1 aliphatic rings. The maximum absolute atomic E-state index is 13.2. The molecule has 26 heavy (non-hydrogen) atoms. The van der Waals surface area contributed by atoms with E-state index in [0.717, 1.165) is 24.0 Å². The van der Waals surface area contributed by atoms with Crippen LogP contribution in [0.25, 0.3) is 0 Å². The summed E-state index contributed by atoms with van der Waals surface area (Å²) in [5.41, 5.74) is 4.12. The van der Waals surface area contributed by atoms with Crippen LogP contribution in [-0.4, -0.2) is 15.0 Å². The van der Waals surface area contributed by atoms with Crippen molar-refractivity contribution in [2.24, 2.45) is 0 Å². The highest BCUT2D eigenvalue weighted by molar-refractivity contribution is 7.92. The van der Waals surface area contributed by atoms with Gasteiger partial charge in [0.05, 0.1) is 10.6 Å². The standard InChI is InChI=1S/C22H25NO2S/c1-18-11-13-22(14-12-18)26(24,25)23(21-9-4-3-5-10-21)16-15-19(2)17-20-7-6-8-20/h3-5,9-14,17H,2,6-8,15-16H2,1H3. The van der Waals surface area contributed by atoms with Crippen LogP contribution in [0.4, 0.5) is 5.69 Å². The summed E-state index contributed by atoms with van der Waals surface area (Å²) in [5.74, 6) is 0. The van der Waals surface area contributed by atoms with E-state index < -0.39 is 10.0 Å². The van der Waals surface area contributed by atoms with Gasteiger partial charge in [0, 0.05) is 6.54 Å². The number of nitrogens with zero attached hydrogens (tertiary/aromatic N) is 1. The summed E-state index contributed by atoms with van der Waals surface area (Å²) < 4.78 is 27.9. The van der Waals surface area contributed by atoms with Gasteiger partial charge >= 0.3 is 0 Å². The van der Waals surface area contributed by atoms with Crippen molar-refractivity contribution in [2.75, 3.05) is 10.8 Å². The van der Waals surface area contributed by atoms with E-state index >= 15 is 0 Å². The van der Waals surface area contributed by atoms with Crippen LogP contribution in [0, 0.1) is 6.92 Å². The first kappa shape index (κ1) is 18.5. The molecule has 2 aromatic carbocycles. The highest BCUT2D eigenvalue weighted by Gasteiger charge is 2.24. The molecule has 2 aromatic rings. The van der Waals surface area contributed by atoms with E-state index in [-0.39, 0.29) is 0 Å². The largest absolute Gasteiger partial charge is 0.266 e. The predicted molar refractivity (Wildman–Crippen MR) is 108 cm³/mol. The molecule has 0 radical (unpaired) electrons. The maximum Gasteiger partial charge on any atom is 0.264 e. The third-order valence-electron chi connectivity index (χ3n) is 4.69. The Hall–Kier alpha value is -2.33. The lowest BCUT2D eigenvalue weighted by Gasteiger charge is -2.25. The van der Waals surface area contributed by atoms with Gasteiger partial charge < -0.3 is 0 Å². The summed E-state index contributed by atoms with van der Waals surface area (Å²) >= 11 is 0. The number of para-hydroxylation sites is 1. The number of aryl methyl sites for hydroxylation is 1. The van der Waals surface area contributed by atoms with Gasteiger partial charge in [0.15, 0.2) is 0 Å². The topological polar surface area (TPSA) is 37.4 Å². The van der Waals surface area contributed by atoms with Crippen molar-refractivity contribution in [1.82, 2.24) is 0 Å². The number of allylic oxidation sites excluding steroid dienone is 2. The summed E-state index contributed by atoms with van der Waals surface area (Å²) in [7, 11) is -3.62. The van der Waals surface area contributed by atoms with Gasteiger partial charge in [-0.05, 0) is 56.9 Å². The van der Waals surface area contributed by atoms with Crippen molar-refractivity contribution in [1.29, 1.82) is 0 Å². The summed E-state index contributed by atoms with van der Waals surface area (Å²) in [6.45, 7) is 6.44. The molecular weight excluding hydrogens is 342 g/mol. The van der Waals surface area contributed by atoms with Gasteiger partial charge in [-0.25, -0.2) is 8.42 Å². The Balaban J connectivity index is 1.85. The first-order valence-electron chi connectivity index (χ1n) is 8.98. The van der Waals surface area contributed by atoms with Crippen molar-refractivity contribution in [3.8, 4) is 0 Å². The number of hydrogen-bond acceptors (Lipinski definition) is 2. The lowest BCUT2D eigenvalue weighted by molar-refractivity contribution is 0.590. The zero-order chi connectivity index (χ0) is 18.6. The minimum absolute atomic E-state index is 0.315. The Labute approximate surface area is 156 Å². The molecule has 0 bridgehead atoms. The van der Waals surface area contributed by atoms with Crippen molar-refractivity contribution >= 4 is 15.7 Å². The second-order valence-corrected chi connectivity index (χ2v) is 8.65. The average molecular weight is 368 g/mol. The van der Waals surface area contributed by atoms with Crippen LogP contribution in [0.15, 0.2) is 83.3 Å². The first-order chi connectivity index (χ1) is 12.5. The molecule has 0 aliphatic heterocycles. The van der Waals surface area contributed by atoms with Crippen molar-refractivity contribution in [3.63, 3.8) is 0 Å². The quantitative estimate of drug-likeness (QED) is 0.670. The molecule has 4 heteroatoms. The smallest absolute Gasteiger partial charge is 0.264 e. The van der Waals surface area contributed by atoms with Gasteiger partial charge in [-0.2, -0.15) is 0 Å². The molecular formula is C22H25NO2S. The van der Waals surface area contributed by atoms with E-state index in [0.29, 0.717) is 23.5 Å². The number of sulfonamides is 1. The highest BCUT2D eigenvalue weighted by Crippen LogP contribution is 2.28. The predicted octanol–water partition coefficient (Wildman–Crippen LogP) is 5.25. The van der Waals surface area contributed by atoms with Crippen LogP contribution in [0.1, 0.15) is 31.2 Å². The Morgan fingerprint density at radius 3 is 2.31 bits per heavy atom. The molecule has 1 aliphatic carbocycles. The third-order valence-corrected chi connectivity index (χ3v) is 6.53. The zero-order valence-corrected chi connectivity index (χ0v) is 16.0. The molecule has 1 fully saturated rings. The first-order valence-corrected chi connectivity index (χ1v) is 10.4. The Morgan fingerprint density at radius 1 is 1.08 bits per heavy atom. The van der Waals surface area contributed by atoms with Crippen LogP contribution in [-0.2, 0) is 10.0 Å². The fraction of sp³-hybridized carbons (Fsp3) is 0.273. The Bertz CT molecular complexity index is 891. The fourth-order valence-electron chi connectivity index (χ4n) is 2.95. The van der Waals surface area contributed by atoms with Gasteiger partial charge in [0.25, 0.3) is 10.0 Å². The van der Waals surface area contributed by atoms with Gasteiger partial charge in [-0.15, -0.1) is 0 Å². The summed E-state index contributed by atoms with van der Waals surface area (Å²) in [5, 5.41) is 0. The van der Waals surface area contributed by atoms with E-state index in [1.165, 1.54) is 16.3 Å². The lowest BCUT2D eigenvalue weighted by atomic mass is 9.90. The van der Waals surface area contributed by atoms with Gasteiger partial charge in [0.1, 0.15) is 0 Å². The van der Waals surface area contributed by atoms with E-state index in [1.54, 1.807) is 12.1 Å². The van der Waals surface area contributed by atoms with Crippen LogP contribution in [0.2, 0.25) is 0 Å². The zero-order valence-electron chi connectivity index (χ0n) is 15.2. The monoisotopic (exact) mass is 367 g/mol. The molecule has 0 unspecified atom stereocenters. The molecule has 0 amide bonds. The minimum Gasteiger partial charge on any atom is -0.266 e. The number of anilines is 1. The third kappa shape index (κ3) is 4.25. The number of benzene rings is 2. The minimum atomic E-state index is -3.62. The second-order valence-electron chi connectivity index (χ2n) is 6.79. The van der Waals surface area contributed by atoms with Crippen molar-refractivity contribution < 1.29 is 8.42 Å². The fourth-order valence-corrected chi connectivity index (χ4v) is 4.42. The Morgan fingerprint density at radius 2 is 1.73 bits per heavy atom. The maximum atomic E-state index is 13.2. The lowest BCUT2D eigenvalue weighted by Crippen LogP contribution is -2.32. The summed E-state index contributed by atoms with van der Waals surface area (Å²) in [6, 6.07) is 16.3. The molecule has 0 atom stereocenters. The summed E-state index contributed by atoms with van der Waals surface area (Å²) in [6.07, 6.45) is 6.28. The van der Waals surface area contributed by atoms with E-state index in [9.17, 15) is 8.42 Å². The SMILES string of the molecule is C=C(C=C1CCC1)CCN(c1ccccc1)S(=O)(=O)c1ccc(C)cc1. The average Bonchev–Trinajstić information content (AvgIpc) is 2.59. The highest BCUT2D eigenvalue weighted by atomic mass is 32.2. The van der Waals surface area contributed by atoms with E-state index in [1.807, 2.05) is 49.4 Å². The molecule has 3 nitrogen and oxygen atoms in total. The molecule has 0 N–H and O–H groups in total. The molecule has 0 saturated heterocycles. The molecule has 0 heterocycles. The number of hydrogen-bond donors (Lipinski definition) is 0. The van der Waals surface area contributed by atoms with Crippen LogP contribution in [0.3, 0.4) is 0 Å².